The maximum absolute atomic E-state index is 11.9. The zero-order chi connectivity index (χ0) is 17.4. The molecule has 126 valence electrons. The Kier molecular flexibility index (Phi) is 6.33. The molecule has 0 aliphatic rings. The number of rotatable bonds is 6. The summed E-state index contributed by atoms with van der Waals surface area (Å²) in [6, 6.07) is 16.1. The van der Waals surface area contributed by atoms with E-state index in [-0.39, 0.29) is 24.6 Å². The van der Waals surface area contributed by atoms with Crippen molar-refractivity contribution in [3.8, 4) is 0 Å². The normalized spacial score (nSPS) is 11.4. The second-order valence-corrected chi connectivity index (χ2v) is 5.29. The van der Waals surface area contributed by atoms with Crippen molar-refractivity contribution in [2.75, 3.05) is 24.4 Å². The molecule has 0 saturated carbocycles. The smallest absolute Gasteiger partial charge is 0.323 e. The number of carbonyl (C=O) groups is 2. The Morgan fingerprint density at radius 1 is 0.958 bits per heavy atom. The van der Waals surface area contributed by atoms with Crippen molar-refractivity contribution in [2.45, 2.75) is 13.0 Å². The number of para-hydroxylation sites is 1. The lowest BCUT2D eigenvalue weighted by Gasteiger charge is -2.15. The van der Waals surface area contributed by atoms with E-state index in [1.54, 1.807) is 12.1 Å². The average molecular weight is 327 g/mol. The van der Waals surface area contributed by atoms with E-state index in [0.717, 1.165) is 11.3 Å². The number of methoxy groups -OCH3 is 1. The molecule has 6 heteroatoms. The lowest BCUT2D eigenvalue weighted by Crippen LogP contribution is -2.29. The summed E-state index contributed by atoms with van der Waals surface area (Å²) >= 11 is 0. The van der Waals surface area contributed by atoms with Crippen molar-refractivity contribution in [3.63, 3.8) is 0 Å². The molecule has 0 radical (unpaired) electrons. The quantitative estimate of drug-likeness (QED) is 0.762. The van der Waals surface area contributed by atoms with E-state index in [1.165, 1.54) is 7.11 Å². The Morgan fingerprint density at radius 2 is 1.54 bits per heavy atom. The van der Waals surface area contributed by atoms with Crippen molar-refractivity contribution in [1.29, 1.82) is 0 Å². The van der Waals surface area contributed by atoms with Gasteiger partial charge in [-0.2, -0.15) is 0 Å². The van der Waals surface area contributed by atoms with E-state index in [2.05, 4.69) is 16.0 Å². The fourth-order valence-corrected chi connectivity index (χ4v) is 2.17. The van der Waals surface area contributed by atoms with Crippen molar-refractivity contribution in [3.05, 3.63) is 60.2 Å². The van der Waals surface area contributed by atoms with Crippen LogP contribution in [0.2, 0.25) is 0 Å². The number of carbonyl (C=O) groups excluding carboxylic acids is 2. The highest BCUT2D eigenvalue weighted by Gasteiger charge is 2.09. The monoisotopic (exact) mass is 327 g/mol. The van der Waals surface area contributed by atoms with Gasteiger partial charge in [-0.05, 0) is 36.8 Å². The summed E-state index contributed by atoms with van der Waals surface area (Å²) in [4.78, 5) is 23.4. The van der Waals surface area contributed by atoms with Gasteiger partial charge < -0.3 is 20.7 Å². The zero-order valence-electron chi connectivity index (χ0n) is 13.7. The summed E-state index contributed by atoms with van der Waals surface area (Å²) in [5, 5.41) is 8.33. The van der Waals surface area contributed by atoms with Crippen LogP contribution >= 0.6 is 0 Å². The summed E-state index contributed by atoms with van der Waals surface area (Å²) in [5.74, 6) is -0.172. The van der Waals surface area contributed by atoms with Gasteiger partial charge in [-0.15, -0.1) is 0 Å². The van der Waals surface area contributed by atoms with Crippen molar-refractivity contribution < 1.29 is 14.3 Å². The average Bonchev–Trinajstić information content (AvgIpc) is 2.56. The molecule has 0 saturated heterocycles. The standard InChI is InChI=1S/C18H21N3O3/c1-13(19-17(22)12-24-2)14-8-10-16(11-9-14)21-18(23)20-15-6-4-3-5-7-15/h3-11,13H,12H2,1-2H3,(H,19,22)(H2,20,21,23)/t13-/m0/s1. The number of hydrogen-bond donors (Lipinski definition) is 3. The molecule has 0 unspecified atom stereocenters. The molecule has 3 amide bonds. The van der Waals surface area contributed by atoms with E-state index < -0.39 is 0 Å². The third kappa shape index (κ3) is 5.40. The minimum atomic E-state index is -0.310. The van der Waals surface area contributed by atoms with Crippen LogP contribution in [-0.4, -0.2) is 25.7 Å². The SMILES string of the molecule is COCC(=O)N[C@@H](C)c1ccc(NC(=O)Nc2ccccc2)cc1. The lowest BCUT2D eigenvalue weighted by molar-refractivity contribution is -0.125. The first-order valence-corrected chi connectivity index (χ1v) is 7.60. The maximum Gasteiger partial charge on any atom is 0.323 e. The Hall–Kier alpha value is -2.86. The van der Waals surface area contributed by atoms with Crippen LogP contribution in [0.3, 0.4) is 0 Å². The van der Waals surface area contributed by atoms with E-state index in [1.807, 2.05) is 49.4 Å². The topological polar surface area (TPSA) is 79.5 Å². The van der Waals surface area contributed by atoms with Gasteiger partial charge >= 0.3 is 6.03 Å². The number of nitrogens with one attached hydrogen (secondary N) is 3. The number of amides is 3. The molecule has 0 spiro atoms. The molecule has 2 aromatic carbocycles. The highest BCUT2D eigenvalue weighted by atomic mass is 16.5. The van der Waals surface area contributed by atoms with E-state index >= 15 is 0 Å². The maximum atomic E-state index is 11.9. The molecule has 0 fully saturated rings. The molecule has 0 aromatic heterocycles. The van der Waals surface area contributed by atoms with Crippen LogP contribution in [0.25, 0.3) is 0 Å². The molecule has 0 aliphatic carbocycles. The van der Waals surface area contributed by atoms with E-state index in [0.29, 0.717) is 5.69 Å². The van der Waals surface area contributed by atoms with E-state index in [9.17, 15) is 9.59 Å². The molecule has 1 atom stereocenters. The predicted octanol–water partition coefficient (Wildman–Crippen LogP) is 3.15. The zero-order valence-corrected chi connectivity index (χ0v) is 13.7. The summed E-state index contributed by atoms with van der Waals surface area (Å²) in [5.41, 5.74) is 2.33. The summed E-state index contributed by atoms with van der Waals surface area (Å²) in [7, 11) is 1.48. The Morgan fingerprint density at radius 3 is 2.12 bits per heavy atom. The molecule has 3 N–H and O–H groups in total. The Labute approximate surface area is 141 Å². The molecule has 0 aliphatic heterocycles. The van der Waals surface area contributed by atoms with E-state index in [4.69, 9.17) is 4.74 Å². The van der Waals surface area contributed by atoms with Gasteiger partial charge in [0, 0.05) is 18.5 Å². The van der Waals surface area contributed by atoms with Gasteiger partial charge in [0.2, 0.25) is 5.91 Å². The molecular formula is C18H21N3O3. The van der Waals surface area contributed by atoms with Gasteiger partial charge in [-0.1, -0.05) is 30.3 Å². The Bertz CT molecular complexity index is 672. The second kappa shape index (κ2) is 8.69. The number of hydrogen-bond acceptors (Lipinski definition) is 3. The van der Waals surface area contributed by atoms with Crippen molar-refractivity contribution in [1.82, 2.24) is 5.32 Å². The van der Waals surface area contributed by atoms with Crippen molar-refractivity contribution in [2.24, 2.45) is 0 Å². The van der Waals surface area contributed by atoms with Crippen LogP contribution in [0.5, 0.6) is 0 Å². The van der Waals surface area contributed by atoms with Gasteiger partial charge in [0.1, 0.15) is 6.61 Å². The second-order valence-electron chi connectivity index (χ2n) is 5.29. The van der Waals surface area contributed by atoms with Crippen LogP contribution in [0.4, 0.5) is 16.2 Å². The van der Waals surface area contributed by atoms with Crippen LogP contribution in [-0.2, 0) is 9.53 Å². The number of urea groups is 1. The first kappa shape index (κ1) is 17.5. The van der Waals surface area contributed by atoms with Gasteiger partial charge in [-0.3, -0.25) is 4.79 Å². The summed E-state index contributed by atoms with van der Waals surface area (Å²) in [6.07, 6.45) is 0. The fraction of sp³-hybridized carbons (Fsp3) is 0.222. The fourth-order valence-electron chi connectivity index (χ4n) is 2.17. The van der Waals surface area contributed by atoms with Gasteiger partial charge in [0.15, 0.2) is 0 Å². The minimum absolute atomic E-state index is 0.0314. The summed E-state index contributed by atoms with van der Waals surface area (Å²) < 4.78 is 4.79. The molecule has 0 heterocycles. The van der Waals surface area contributed by atoms with Crippen LogP contribution in [0, 0.1) is 0 Å². The largest absolute Gasteiger partial charge is 0.375 e. The van der Waals surface area contributed by atoms with Gasteiger partial charge in [0.05, 0.1) is 6.04 Å². The van der Waals surface area contributed by atoms with Gasteiger partial charge in [0.25, 0.3) is 0 Å². The molecule has 0 bridgehead atoms. The predicted molar refractivity (Wildman–Crippen MR) is 94.0 cm³/mol. The third-order valence-corrected chi connectivity index (χ3v) is 3.35. The van der Waals surface area contributed by atoms with Crippen molar-refractivity contribution >= 4 is 23.3 Å². The molecule has 2 aromatic rings. The summed E-state index contributed by atoms with van der Waals surface area (Å²) in [6.45, 7) is 1.92. The Balaban J connectivity index is 1.89. The molecular weight excluding hydrogens is 306 g/mol. The van der Waals surface area contributed by atoms with Gasteiger partial charge in [-0.25, -0.2) is 4.79 Å². The molecule has 24 heavy (non-hydrogen) atoms. The number of benzene rings is 2. The van der Waals surface area contributed by atoms with Crippen LogP contribution in [0.15, 0.2) is 54.6 Å². The first-order chi connectivity index (χ1) is 11.6. The lowest BCUT2D eigenvalue weighted by atomic mass is 10.1. The minimum Gasteiger partial charge on any atom is -0.375 e. The highest BCUT2D eigenvalue weighted by molar-refractivity contribution is 5.99. The number of anilines is 2. The molecule has 6 nitrogen and oxygen atoms in total. The molecule has 2 rings (SSSR count). The van der Waals surface area contributed by atoms with Crippen LogP contribution < -0.4 is 16.0 Å². The highest BCUT2D eigenvalue weighted by Crippen LogP contribution is 2.16. The first-order valence-electron chi connectivity index (χ1n) is 7.60. The van der Waals surface area contributed by atoms with Crippen LogP contribution in [0.1, 0.15) is 18.5 Å². The third-order valence-electron chi connectivity index (χ3n) is 3.35. The number of ether oxygens (including phenoxy) is 1.